The molecule has 228 valence electrons. The maximum Gasteiger partial charge on any atom is -1.00 e. The van der Waals surface area contributed by atoms with Crippen LogP contribution in [0.1, 0.15) is 105 Å². The Morgan fingerprint density at radius 1 is 0.841 bits per heavy atom. The van der Waals surface area contributed by atoms with E-state index in [4.69, 9.17) is 0 Å². The third-order valence-corrected chi connectivity index (χ3v) is 9.58. The summed E-state index contributed by atoms with van der Waals surface area (Å²) in [4.78, 5) is 0. The fourth-order valence-electron chi connectivity index (χ4n) is 6.08. The molecule has 0 N–H and O–H groups in total. The average Bonchev–Trinajstić information content (AvgIpc) is 3.69. The number of halogens is 2. The minimum Gasteiger partial charge on any atom is -1.00 e. The van der Waals surface area contributed by atoms with Crippen LogP contribution in [0.25, 0.3) is 23.3 Å². The molecule has 0 unspecified atom stereocenters. The minimum absolute atomic E-state index is 0. The van der Waals surface area contributed by atoms with E-state index in [0.717, 1.165) is 6.42 Å². The summed E-state index contributed by atoms with van der Waals surface area (Å²) >= 11 is 1.51. The molecule has 0 bridgehead atoms. The maximum atomic E-state index is 3.50. The molecule has 3 heteroatoms. The van der Waals surface area contributed by atoms with Gasteiger partial charge < -0.3 is 24.8 Å². The van der Waals surface area contributed by atoms with Crippen LogP contribution in [0.4, 0.5) is 0 Å². The molecule has 0 amide bonds. The predicted octanol–water partition coefficient (Wildman–Crippen LogP) is 4.46. The summed E-state index contributed by atoms with van der Waals surface area (Å²) < 4.78 is 1.46. The number of aryl methyl sites for hydroxylation is 1. The molecule has 3 aliphatic rings. The Morgan fingerprint density at radius 3 is 1.95 bits per heavy atom. The molecule has 0 aromatic heterocycles. The summed E-state index contributed by atoms with van der Waals surface area (Å²) in [7, 11) is 0. The van der Waals surface area contributed by atoms with Crippen molar-refractivity contribution < 1.29 is 49.0 Å². The van der Waals surface area contributed by atoms with Gasteiger partial charge in [-0.15, -0.1) is 11.6 Å². The monoisotopic (exact) mass is 696 g/mol. The fourth-order valence-corrected chi connectivity index (χ4v) is 6.49. The van der Waals surface area contributed by atoms with Crippen LogP contribution in [0, 0.1) is 13.0 Å². The molecule has 0 saturated carbocycles. The molecule has 44 heavy (non-hydrogen) atoms. The Labute approximate surface area is 293 Å². The van der Waals surface area contributed by atoms with Gasteiger partial charge in [0.15, 0.2) is 0 Å². The van der Waals surface area contributed by atoms with E-state index in [0.29, 0.717) is 5.41 Å². The number of allylic oxidation sites excluding steroid dienone is 2. The molecule has 7 rings (SSSR count). The molecule has 0 heterocycles. The number of benzene rings is 3. The second-order valence-electron chi connectivity index (χ2n) is 14.3. The standard InChI is InChI=1S/C23H21.C9H13.C9H10.2ClH.Zr/c1-22(2)7-5-14-10-18-16(12-20(14)22)9-17-13-21-15(11-19(17)18)6-8-23(21,3)4;1-9(2,3)8-6-4-5-7-8;1-3-9-6-4-8(2)5-7-9;;;/h5-7,10-13H,9H2,1-4H3;4-7H,1-3H3;4-7H,1-2H3;2*1H;/q2*-1;;;;+2/p-2. The summed E-state index contributed by atoms with van der Waals surface area (Å²) in [6.45, 7) is 20.1. The summed E-state index contributed by atoms with van der Waals surface area (Å²) in [5.41, 5.74) is 16.1. The summed E-state index contributed by atoms with van der Waals surface area (Å²) in [5.74, 6) is 0. The van der Waals surface area contributed by atoms with E-state index < -0.39 is 0 Å². The van der Waals surface area contributed by atoms with Gasteiger partial charge in [0, 0.05) is 5.41 Å². The molecule has 0 fully saturated rings. The van der Waals surface area contributed by atoms with Gasteiger partial charge in [-0.25, -0.2) is 12.1 Å². The summed E-state index contributed by atoms with van der Waals surface area (Å²) in [5, 5.41) is 0. The van der Waals surface area contributed by atoms with Crippen molar-refractivity contribution >= 4 is 15.4 Å². The van der Waals surface area contributed by atoms with Gasteiger partial charge in [-0.2, -0.15) is 29.3 Å². The van der Waals surface area contributed by atoms with E-state index in [-0.39, 0.29) is 35.6 Å². The zero-order valence-corrected chi connectivity index (χ0v) is 31.6. The van der Waals surface area contributed by atoms with Crippen molar-refractivity contribution in [3.05, 3.63) is 135 Å². The van der Waals surface area contributed by atoms with Crippen LogP contribution in [-0.2, 0) is 46.9 Å². The molecular formula is C41H44Cl2Zr-2. The van der Waals surface area contributed by atoms with Crippen molar-refractivity contribution in [3.8, 4) is 11.1 Å². The van der Waals surface area contributed by atoms with Crippen molar-refractivity contribution in [3.63, 3.8) is 0 Å². The number of hydrogen-bond acceptors (Lipinski definition) is 0. The van der Waals surface area contributed by atoms with Crippen LogP contribution in [0.15, 0.2) is 78.9 Å². The molecule has 4 aromatic rings. The SMILES string of the molecule is CC(C)(C)c1cc[cH-]c1.CC1(C)[C-]=Cc2cc3c(cc21)Cc1cc2c(cc1-3)C=CC2(C)C.C[C](=[Zr+2])c1ccc(C)cc1.[Cl-].[Cl-]. The average molecular weight is 699 g/mol. The van der Waals surface area contributed by atoms with Gasteiger partial charge in [0.2, 0.25) is 0 Å². The van der Waals surface area contributed by atoms with Gasteiger partial charge in [-0.05, 0) is 45.9 Å². The largest absolute Gasteiger partial charge is 1.00 e. The molecule has 0 aliphatic heterocycles. The summed E-state index contributed by atoms with van der Waals surface area (Å²) in [6.07, 6.45) is 11.4. The molecule has 0 spiro atoms. The van der Waals surface area contributed by atoms with Crippen LogP contribution in [-0.4, -0.2) is 3.21 Å². The Balaban J connectivity index is 0.000000211. The van der Waals surface area contributed by atoms with Gasteiger partial charge in [0.05, 0.1) is 0 Å². The van der Waals surface area contributed by atoms with Gasteiger partial charge in [0.1, 0.15) is 0 Å². The number of hydrogen-bond donors (Lipinski definition) is 0. The first-order valence-corrected chi connectivity index (χ1v) is 16.4. The van der Waals surface area contributed by atoms with Gasteiger partial charge in [-0.1, -0.05) is 83.6 Å². The van der Waals surface area contributed by atoms with Crippen LogP contribution in [0.5, 0.6) is 0 Å². The van der Waals surface area contributed by atoms with Crippen molar-refractivity contribution in [1.82, 2.24) is 0 Å². The quantitative estimate of drug-likeness (QED) is 0.227. The molecule has 0 nitrogen and oxygen atoms in total. The van der Waals surface area contributed by atoms with E-state index >= 15 is 0 Å². The van der Waals surface area contributed by atoms with E-state index in [2.05, 4.69) is 159 Å². The van der Waals surface area contributed by atoms with E-state index in [1.54, 1.807) is 0 Å². The van der Waals surface area contributed by atoms with Crippen molar-refractivity contribution in [2.45, 2.75) is 85.0 Å². The van der Waals surface area contributed by atoms with Crippen LogP contribution in [0.3, 0.4) is 0 Å². The maximum absolute atomic E-state index is 3.50. The number of fused-ring (bicyclic) bond motifs is 5. The second kappa shape index (κ2) is 13.7. The normalized spacial score (nSPS) is 15.2. The van der Waals surface area contributed by atoms with Crippen molar-refractivity contribution in [2.24, 2.45) is 0 Å². The Bertz CT molecular complexity index is 1610. The first kappa shape index (κ1) is 36.3. The number of rotatable bonds is 1. The molecule has 0 atom stereocenters. The van der Waals surface area contributed by atoms with Gasteiger partial charge in [-0.3, -0.25) is 6.08 Å². The van der Waals surface area contributed by atoms with Gasteiger partial charge >= 0.3 is 76.7 Å². The topological polar surface area (TPSA) is 0 Å². The van der Waals surface area contributed by atoms with Crippen LogP contribution >= 0.6 is 0 Å². The first-order valence-electron chi connectivity index (χ1n) is 15.2. The Morgan fingerprint density at radius 2 is 1.43 bits per heavy atom. The molecule has 0 saturated heterocycles. The van der Waals surface area contributed by atoms with Crippen molar-refractivity contribution in [2.75, 3.05) is 0 Å². The van der Waals surface area contributed by atoms with Gasteiger partial charge in [0.25, 0.3) is 0 Å². The van der Waals surface area contributed by atoms with E-state index in [1.165, 1.54) is 88.6 Å². The zero-order valence-electron chi connectivity index (χ0n) is 27.6. The molecule has 0 radical (unpaired) electrons. The Kier molecular flexibility index (Phi) is 11.3. The minimum atomic E-state index is 0. The smallest absolute Gasteiger partial charge is 1.00 e. The second-order valence-corrected chi connectivity index (χ2v) is 16.1. The van der Waals surface area contributed by atoms with E-state index in [1.807, 2.05) is 0 Å². The first-order chi connectivity index (χ1) is 19.7. The third-order valence-electron chi connectivity index (χ3n) is 8.87. The fraction of sp³-hybridized carbons (Fsp3) is 0.317. The van der Waals surface area contributed by atoms with Crippen LogP contribution in [0.2, 0.25) is 0 Å². The zero-order chi connectivity index (χ0) is 30.4. The van der Waals surface area contributed by atoms with E-state index in [9.17, 15) is 0 Å². The third kappa shape index (κ3) is 7.61. The predicted molar refractivity (Wildman–Crippen MR) is 179 cm³/mol. The summed E-state index contributed by atoms with van der Waals surface area (Å²) in [6, 6.07) is 26.8. The van der Waals surface area contributed by atoms with Crippen molar-refractivity contribution in [1.29, 1.82) is 0 Å². The molecular weight excluding hydrogens is 655 g/mol. The Hall–Kier alpha value is -2.18. The van der Waals surface area contributed by atoms with Crippen LogP contribution < -0.4 is 24.8 Å². The molecule has 4 aromatic carbocycles. The molecule has 3 aliphatic carbocycles.